The number of hydrogen-bond acceptors (Lipinski definition) is 3. The molecule has 0 amide bonds. The van der Waals surface area contributed by atoms with Crippen LogP contribution in [0.25, 0.3) is 0 Å². The molecule has 0 saturated carbocycles. The molecule has 3 nitrogen and oxygen atoms in total. The van der Waals surface area contributed by atoms with Gasteiger partial charge in [-0.15, -0.1) is 0 Å². The Morgan fingerprint density at radius 3 is 2.81 bits per heavy atom. The zero-order valence-corrected chi connectivity index (χ0v) is 14.2. The molecule has 0 aliphatic carbocycles. The number of hydrogen-bond donors (Lipinski definition) is 1. The Morgan fingerprint density at radius 2 is 2.10 bits per heavy atom. The number of nitrogens with zero attached hydrogens (tertiary/aromatic N) is 2. The molecule has 1 aliphatic rings. The zero-order valence-electron chi connectivity index (χ0n) is 13.5. The Morgan fingerprint density at radius 1 is 1.33 bits per heavy atom. The average Bonchev–Trinajstić information content (AvgIpc) is 2.62. The van der Waals surface area contributed by atoms with E-state index in [0.717, 1.165) is 24.5 Å². The van der Waals surface area contributed by atoms with Crippen molar-refractivity contribution in [1.29, 1.82) is 0 Å². The van der Waals surface area contributed by atoms with Crippen LogP contribution < -0.4 is 5.32 Å². The highest BCUT2D eigenvalue weighted by Crippen LogP contribution is 2.25. The summed E-state index contributed by atoms with van der Waals surface area (Å²) in [6.45, 7) is 7.03. The van der Waals surface area contributed by atoms with E-state index in [4.69, 9.17) is 11.6 Å². The number of likely N-dealkylation sites (N-methyl/N-ethyl adjacent to an activating group) is 1. The molecule has 1 aromatic carbocycles. The molecule has 21 heavy (non-hydrogen) atoms. The molecule has 1 saturated heterocycles. The van der Waals surface area contributed by atoms with Crippen molar-refractivity contribution in [2.24, 2.45) is 0 Å². The fourth-order valence-corrected chi connectivity index (χ4v) is 3.53. The van der Waals surface area contributed by atoms with Crippen LogP contribution in [-0.4, -0.2) is 56.1 Å². The van der Waals surface area contributed by atoms with Crippen LogP contribution in [0.4, 0.5) is 0 Å². The molecular weight excluding hydrogens is 282 g/mol. The highest BCUT2D eigenvalue weighted by molar-refractivity contribution is 6.31. The molecule has 1 heterocycles. The lowest BCUT2D eigenvalue weighted by Crippen LogP contribution is -2.39. The third-order valence-electron chi connectivity index (χ3n) is 4.52. The first-order valence-electron chi connectivity index (χ1n) is 7.96. The zero-order chi connectivity index (χ0) is 15.2. The molecule has 4 heteroatoms. The first-order valence-corrected chi connectivity index (χ1v) is 8.34. The second-order valence-corrected chi connectivity index (χ2v) is 6.56. The number of nitrogens with one attached hydrogen (secondary N) is 1. The van der Waals surface area contributed by atoms with Crippen LogP contribution in [0, 0.1) is 0 Å². The molecule has 0 radical (unpaired) electrons. The first-order chi connectivity index (χ1) is 10.1. The molecule has 2 rings (SSSR count). The van der Waals surface area contributed by atoms with Crippen molar-refractivity contribution >= 4 is 11.6 Å². The monoisotopic (exact) mass is 309 g/mol. The van der Waals surface area contributed by atoms with Gasteiger partial charge < -0.3 is 10.2 Å². The van der Waals surface area contributed by atoms with Gasteiger partial charge in [0.2, 0.25) is 0 Å². The summed E-state index contributed by atoms with van der Waals surface area (Å²) in [5.41, 5.74) is 1.21. The smallest absolute Gasteiger partial charge is 0.0453 e. The predicted octanol–water partition coefficient (Wildman–Crippen LogP) is 3.02. The Hall–Kier alpha value is -0.610. The maximum absolute atomic E-state index is 6.33. The maximum Gasteiger partial charge on any atom is 0.0453 e. The average molecular weight is 310 g/mol. The summed E-state index contributed by atoms with van der Waals surface area (Å²) in [7, 11) is 4.24. The minimum Gasteiger partial charge on any atom is -0.313 e. The van der Waals surface area contributed by atoms with E-state index >= 15 is 0 Å². The van der Waals surface area contributed by atoms with E-state index in [1.807, 2.05) is 19.2 Å². The standard InChI is InChI=1S/C17H28ClN3/c1-14-13-20(3)10-6-11-21(14)12-9-17(19-2)15-7-4-5-8-16(15)18/h4-5,7-8,14,17,19H,6,9-13H2,1-3H3. The van der Waals surface area contributed by atoms with Crippen LogP contribution in [0.15, 0.2) is 24.3 Å². The second kappa shape index (κ2) is 8.14. The molecule has 1 fully saturated rings. The van der Waals surface area contributed by atoms with Gasteiger partial charge in [-0.05, 0) is 58.6 Å². The highest BCUT2D eigenvalue weighted by Gasteiger charge is 2.21. The molecule has 1 aromatic rings. The number of benzene rings is 1. The molecule has 1 N–H and O–H groups in total. The van der Waals surface area contributed by atoms with Gasteiger partial charge >= 0.3 is 0 Å². The molecule has 118 valence electrons. The number of rotatable bonds is 5. The molecule has 0 spiro atoms. The Balaban J connectivity index is 1.95. The van der Waals surface area contributed by atoms with Gasteiger partial charge in [-0.1, -0.05) is 29.8 Å². The van der Waals surface area contributed by atoms with Gasteiger partial charge in [-0.2, -0.15) is 0 Å². The molecule has 0 bridgehead atoms. The first kappa shape index (κ1) is 16.8. The lowest BCUT2D eigenvalue weighted by atomic mass is 10.0. The van der Waals surface area contributed by atoms with Gasteiger partial charge in [0, 0.05) is 30.2 Å². The van der Waals surface area contributed by atoms with Crippen molar-refractivity contribution in [1.82, 2.24) is 15.1 Å². The van der Waals surface area contributed by atoms with E-state index in [-0.39, 0.29) is 0 Å². The van der Waals surface area contributed by atoms with Crippen LogP contribution in [0.1, 0.15) is 31.4 Å². The van der Waals surface area contributed by atoms with Gasteiger partial charge in [0.05, 0.1) is 0 Å². The Bertz CT molecular complexity index is 438. The van der Waals surface area contributed by atoms with Gasteiger partial charge in [-0.25, -0.2) is 0 Å². The Kier molecular flexibility index (Phi) is 6.49. The summed E-state index contributed by atoms with van der Waals surface area (Å²) in [4.78, 5) is 5.05. The summed E-state index contributed by atoms with van der Waals surface area (Å²) in [6, 6.07) is 9.11. The third kappa shape index (κ3) is 4.68. The minimum atomic E-state index is 0.326. The van der Waals surface area contributed by atoms with Crippen LogP contribution >= 0.6 is 11.6 Å². The maximum atomic E-state index is 6.33. The summed E-state index contributed by atoms with van der Waals surface area (Å²) < 4.78 is 0. The summed E-state index contributed by atoms with van der Waals surface area (Å²) >= 11 is 6.33. The minimum absolute atomic E-state index is 0.326. The van der Waals surface area contributed by atoms with Gasteiger partial charge in [-0.3, -0.25) is 4.90 Å². The van der Waals surface area contributed by atoms with E-state index in [1.165, 1.54) is 25.1 Å². The normalized spacial score (nSPS) is 23.0. The van der Waals surface area contributed by atoms with Crippen molar-refractivity contribution in [3.63, 3.8) is 0 Å². The summed E-state index contributed by atoms with van der Waals surface area (Å²) in [5, 5.41) is 4.28. The molecular formula is C17H28ClN3. The van der Waals surface area contributed by atoms with Crippen LogP contribution in [-0.2, 0) is 0 Å². The van der Waals surface area contributed by atoms with Crippen molar-refractivity contribution < 1.29 is 0 Å². The fourth-order valence-electron chi connectivity index (χ4n) is 3.26. The van der Waals surface area contributed by atoms with E-state index in [9.17, 15) is 0 Å². The molecule has 2 unspecified atom stereocenters. The van der Waals surface area contributed by atoms with Gasteiger partial charge in [0.15, 0.2) is 0 Å². The topological polar surface area (TPSA) is 18.5 Å². The van der Waals surface area contributed by atoms with Crippen molar-refractivity contribution in [3.05, 3.63) is 34.9 Å². The highest BCUT2D eigenvalue weighted by atomic mass is 35.5. The summed E-state index contributed by atoms with van der Waals surface area (Å²) in [5.74, 6) is 0. The molecule has 0 aromatic heterocycles. The molecule has 1 aliphatic heterocycles. The van der Waals surface area contributed by atoms with Crippen molar-refractivity contribution in [2.45, 2.75) is 31.8 Å². The quantitative estimate of drug-likeness (QED) is 0.902. The van der Waals surface area contributed by atoms with Gasteiger partial charge in [0.1, 0.15) is 0 Å². The lowest BCUT2D eigenvalue weighted by Gasteiger charge is -2.29. The van der Waals surface area contributed by atoms with E-state index in [0.29, 0.717) is 12.1 Å². The SMILES string of the molecule is CNC(CCN1CCCN(C)CC1C)c1ccccc1Cl. The predicted molar refractivity (Wildman–Crippen MR) is 91.0 cm³/mol. The van der Waals surface area contributed by atoms with Crippen molar-refractivity contribution in [3.8, 4) is 0 Å². The van der Waals surface area contributed by atoms with E-state index < -0.39 is 0 Å². The van der Waals surface area contributed by atoms with E-state index in [2.05, 4.69) is 41.2 Å². The van der Waals surface area contributed by atoms with Crippen LogP contribution in [0.3, 0.4) is 0 Å². The Labute approximate surface area is 134 Å². The van der Waals surface area contributed by atoms with Crippen LogP contribution in [0.5, 0.6) is 0 Å². The lowest BCUT2D eigenvalue weighted by molar-refractivity contribution is 0.193. The van der Waals surface area contributed by atoms with Crippen molar-refractivity contribution in [2.75, 3.05) is 40.3 Å². The van der Waals surface area contributed by atoms with E-state index in [1.54, 1.807) is 0 Å². The van der Waals surface area contributed by atoms with Gasteiger partial charge in [0.25, 0.3) is 0 Å². The largest absolute Gasteiger partial charge is 0.313 e. The third-order valence-corrected chi connectivity index (χ3v) is 4.86. The molecule has 2 atom stereocenters. The fraction of sp³-hybridized carbons (Fsp3) is 0.647. The van der Waals surface area contributed by atoms with Crippen LogP contribution in [0.2, 0.25) is 5.02 Å². The second-order valence-electron chi connectivity index (χ2n) is 6.15. The number of halogens is 1. The summed E-state index contributed by atoms with van der Waals surface area (Å²) in [6.07, 6.45) is 2.35.